The van der Waals surface area contributed by atoms with Gasteiger partial charge in [-0.25, -0.2) is 5.43 Å². The number of carbonyl (C=O) groups is 1. The summed E-state index contributed by atoms with van der Waals surface area (Å²) in [5.41, 5.74) is 3.42. The number of fused-ring (bicyclic) bond motifs is 1. The molecule has 1 aromatic heterocycles. The van der Waals surface area contributed by atoms with Crippen LogP contribution in [0.5, 0.6) is 5.75 Å². The summed E-state index contributed by atoms with van der Waals surface area (Å²) in [5.74, 6) is -1.26. The zero-order chi connectivity index (χ0) is 24.4. The molecular formula is C22H14BrN5O6. The number of hydrogen-bond donors (Lipinski definition) is 3. The van der Waals surface area contributed by atoms with Crippen molar-refractivity contribution in [1.82, 2.24) is 10.4 Å². The van der Waals surface area contributed by atoms with Gasteiger partial charge < -0.3 is 10.1 Å². The molecule has 3 N–H and O–H groups in total. The Bertz CT molecular complexity index is 1480. The monoisotopic (exact) mass is 523 g/mol. The van der Waals surface area contributed by atoms with E-state index >= 15 is 0 Å². The van der Waals surface area contributed by atoms with Crippen LogP contribution in [0.15, 0.2) is 70.2 Å². The highest BCUT2D eigenvalue weighted by Crippen LogP contribution is 2.35. The first kappa shape index (κ1) is 22.6. The van der Waals surface area contributed by atoms with Crippen LogP contribution in [0.4, 0.5) is 11.4 Å². The lowest BCUT2D eigenvalue weighted by Crippen LogP contribution is -2.18. The molecule has 0 bridgehead atoms. The molecule has 0 saturated heterocycles. The molecule has 0 spiro atoms. The van der Waals surface area contributed by atoms with Crippen LogP contribution >= 0.6 is 15.9 Å². The molecule has 0 unspecified atom stereocenters. The fourth-order valence-electron chi connectivity index (χ4n) is 3.43. The maximum atomic E-state index is 13.0. The minimum absolute atomic E-state index is 0.0110. The van der Waals surface area contributed by atoms with Gasteiger partial charge in [-0.3, -0.25) is 25.0 Å². The van der Waals surface area contributed by atoms with Gasteiger partial charge >= 0.3 is 5.69 Å². The first-order chi connectivity index (χ1) is 16.3. The summed E-state index contributed by atoms with van der Waals surface area (Å²) < 4.78 is 0.341. The number of benzene rings is 3. The molecule has 4 aromatic rings. The number of rotatable bonds is 6. The molecule has 0 saturated carbocycles. The fraction of sp³-hybridized carbons (Fsp3) is 0. The first-order valence-corrected chi connectivity index (χ1v) is 10.4. The smallest absolute Gasteiger partial charge is 0.312 e. The number of non-ortho nitro benzene ring substituents is 1. The number of halogens is 1. The zero-order valence-corrected chi connectivity index (χ0v) is 18.6. The Labute approximate surface area is 199 Å². The van der Waals surface area contributed by atoms with Crippen molar-refractivity contribution in [1.29, 1.82) is 0 Å². The summed E-state index contributed by atoms with van der Waals surface area (Å²) in [6.07, 6.45) is 1.07. The molecule has 11 nitrogen and oxygen atoms in total. The molecule has 0 fully saturated rings. The lowest BCUT2D eigenvalue weighted by Gasteiger charge is -2.05. The van der Waals surface area contributed by atoms with Crippen molar-refractivity contribution in [3.63, 3.8) is 0 Å². The number of nitrogens with one attached hydrogen (secondary N) is 2. The number of aromatic nitrogens is 1. The maximum absolute atomic E-state index is 13.0. The van der Waals surface area contributed by atoms with Crippen LogP contribution in [0.2, 0.25) is 0 Å². The van der Waals surface area contributed by atoms with Crippen LogP contribution < -0.4 is 5.43 Å². The Morgan fingerprint density at radius 1 is 1.06 bits per heavy atom. The van der Waals surface area contributed by atoms with Gasteiger partial charge in [0.15, 0.2) is 0 Å². The Hall–Kier alpha value is -4.58. The number of nitro benzene ring substituents is 2. The van der Waals surface area contributed by atoms with Gasteiger partial charge in [0.25, 0.3) is 11.6 Å². The average molecular weight is 524 g/mol. The molecule has 0 aliphatic heterocycles. The van der Waals surface area contributed by atoms with Crippen LogP contribution in [0.3, 0.4) is 0 Å². The number of aromatic hydroxyl groups is 1. The lowest BCUT2D eigenvalue weighted by molar-refractivity contribution is -0.386. The van der Waals surface area contributed by atoms with E-state index in [9.17, 15) is 30.1 Å². The van der Waals surface area contributed by atoms with Crippen molar-refractivity contribution >= 4 is 50.3 Å². The molecule has 12 heteroatoms. The van der Waals surface area contributed by atoms with Gasteiger partial charge in [-0.15, -0.1) is 0 Å². The largest absolute Gasteiger partial charge is 0.502 e. The topological polar surface area (TPSA) is 164 Å². The Morgan fingerprint density at radius 3 is 2.47 bits per heavy atom. The lowest BCUT2D eigenvalue weighted by atomic mass is 10.0. The van der Waals surface area contributed by atoms with Gasteiger partial charge in [0, 0.05) is 44.7 Å². The average Bonchev–Trinajstić information content (AvgIpc) is 3.20. The van der Waals surface area contributed by atoms with Crippen molar-refractivity contribution < 1.29 is 19.7 Å². The van der Waals surface area contributed by atoms with Gasteiger partial charge in [-0.2, -0.15) is 5.10 Å². The summed E-state index contributed by atoms with van der Waals surface area (Å²) in [5, 5.41) is 36.7. The van der Waals surface area contributed by atoms with Crippen LogP contribution in [-0.4, -0.2) is 32.1 Å². The second-order valence-electron chi connectivity index (χ2n) is 7.05. The van der Waals surface area contributed by atoms with Crippen LogP contribution in [0, 0.1) is 20.2 Å². The predicted octanol–water partition coefficient (Wildman–Crippen LogP) is 4.88. The third-order valence-electron chi connectivity index (χ3n) is 4.93. The highest BCUT2D eigenvalue weighted by molar-refractivity contribution is 9.10. The van der Waals surface area contributed by atoms with Crippen LogP contribution in [-0.2, 0) is 0 Å². The molecule has 0 aliphatic carbocycles. The van der Waals surface area contributed by atoms with Gasteiger partial charge in [0.2, 0.25) is 5.75 Å². The molecule has 1 heterocycles. The van der Waals surface area contributed by atoms with Crippen LogP contribution in [0.1, 0.15) is 16.1 Å². The number of carbonyl (C=O) groups excluding carboxylic acids is 1. The zero-order valence-electron chi connectivity index (χ0n) is 17.1. The molecule has 170 valence electrons. The fourth-order valence-corrected chi connectivity index (χ4v) is 3.89. The summed E-state index contributed by atoms with van der Waals surface area (Å²) in [7, 11) is 0. The molecule has 34 heavy (non-hydrogen) atoms. The van der Waals surface area contributed by atoms with E-state index in [-0.39, 0.29) is 16.9 Å². The number of nitrogens with zero attached hydrogens (tertiary/aromatic N) is 3. The summed E-state index contributed by atoms with van der Waals surface area (Å²) in [6.45, 7) is 0. The minimum Gasteiger partial charge on any atom is -0.502 e. The van der Waals surface area contributed by atoms with E-state index in [0.29, 0.717) is 26.5 Å². The van der Waals surface area contributed by atoms with E-state index in [1.807, 2.05) is 0 Å². The van der Waals surface area contributed by atoms with Crippen molar-refractivity contribution in [2.45, 2.75) is 0 Å². The van der Waals surface area contributed by atoms with E-state index in [4.69, 9.17) is 0 Å². The van der Waals surface area contributed by atoms with Gasteiger partial charge in [0.1, 0.15) is 5.69 Å². The van der Waals surface area contributed by atoms with Crippen LogP contribution in [0.25, 0.3) is 22.0 Å². The SMILES string of the molecule is O=C(N/N=C/c1cc(Br)cc([N+](=O)[O-])c1O)c1[nH]c2ccc([N+](=O)[O-])cc2c1-c1ccccc1. The third kappa shape index (κ3) is 4.34. The quantitative estimate of drug-likeness (QED) is 0.185. The molecule has 0 aliphatic rings. The number of hydrazone groups is 1. The van der Waals surface area contributed by atoms with E-state index in [2.05, 4.69) is 31.4 Å². The molecule has 4 rings (SSSR count). The standard InChI is InChI=1S/C22H14BrN5O6/c23-14-8-13(21(29)18(9-14)28(33)34)11-24-26-22(30)20-19(12-4-2-1-3-5-12)16-10-15(27(31)32)6-7-17(16)25-20/h1-11,25,29H,(H,26,30)/b24-11+. The molecular weight excluding hydrogens is 510 g/mol. The number of H-pyrrole nitrogens is 1. The second-order valence-corrected chi connectivity index (χ2v) is 7.96. The minimum atomic E-state index is -0.744. The molecule has 1 amide bonds. The highest BCUT2D eigenvalue weighted by atomic mass is 79.9. The van der Waals surface area contributed by atoms with Crippen molar-refractivity contribution in [2.75, 3.05) is 0 Å². The third-order valence-corrected chi connectivity index (χ3v) is 5.39. The normalized spacial score (nSPS) is 11.1. The second kappa shape index (κ2) is 9.11. The highest BCUT2D eigenvalue weighted by Gasteiger charge is 2.21. The number of nitro groups is 2. The van der Waals surface area contributed by atoms with Crippen molar-refractivity contribution in [3.8, 4) is 16.9 Å². The first-order valence-electron chi connectivity index (χ1n) is 9.62. The maximum Gasteiger partial charge on any atom is 0.312 e. The molecule has 0 atom stereocenters. The van der Waals surface area contributed by atoms with E-state index < -0.39 is 27.2 Å². The Kier molecular flexibility index (Phi) is 6.06. The van der Waals surface area contributed by atoms with Crippen molar-refractivity contribution in [3.05, 3.63) is 96.6 Å². The van der Waals surface area contributed by atoms with E-state index in [0.717, 1.165) is 12.3 Å². The Balaban J connectivity index is 1.72. The van der Waals surface area contributed by atoms with E-state index in [1.165, 1.54) is 24.3 Å². The van der Waals surface area contributed by atoms with Crippen molar-refractivity contribution in [2.24, 2.45) is 5.10 Å². The van der Waals surface area contributed by atoms with E-state index in [1.54, 1.807) is 30.3 Å². The number of aromatic amines is 1. The predicted molar refractivity (Wildman–Crippen MR) is 128 cm³/mol. The summed E-state index contributed by atoms with van der Waals surface area (Å²) in [4.78, 5) is 37.0. The summed E-state index contributed by atoms with van der Waals surface area (Å²) in [6, 6.07) is 15.6. The summed E-state index contributed by atoms with van der Waals surface area (Å²) >= 11 is 3.13. The Morgan fingerprint density at radius 2 is 1.79 bits per heavy atom. The molecule has 0 radical (unpaired) electrons. The number of hydrogen-bond acceptors (Lipinski definition) is 7. The van der Waals surface area contributed by atoms with Gasteiger partial charge in [-0.1, -0.05) is 46.3 Å². The number of phenolic OH excluding ortho intramolecular Hbond substituents is 1. The number of amides is 1. The molecule has 3 aromatic carbocycles. The van der Waals surface area contributed by atoms with Gasteiger partial charge in [-0.05, 0) is 17.7 Å². The number of phenols is 1. The van der Waals surface area contributed by atoms with Gasteiger partial charge in [0.05, 0.1) is 16.1 Å².